The molecular weight excluding hydrogens is 164 g/mol. The Morgan fingerprint density at radius 1 is 1.38 bits per heavy atom. The van der Waals surface area contributed by atoms with Crippen molar-refractivity contribution in [1.29, 1.82) is 0 Å². The number of pyridine rings is 1. The van der Waals surface area contributed by atoms with Crippen molar-refractivity contribution in [2.24, 2.45) is 5.73 Å². The first-order valence-electron chi connectivity index (χ1n) is 4.46. The minimum atomic E-state index is 0.222. The Morgan fingerprint density at radius 2 is 2.15 bits per heavy atom. The molecule has 0 amide bonds. The van der Waals surface area contributed by atoms with Gasteiger partial charge in [-0.3, -0.25) is 0 Å². The number of hydrogen-bond donors (Lipinski definition) is 3. The molecule has 1 aromatic rings. The Balaban J connectivity index is 2.47. The molecule has 0 fully saturated rings. The lowest BCUT2D eigenvalue weighted by molar-refractivity contribution is 0.568. The van der Waals surface area contributed by atoms with Crippen molar-refractivity contribution in [3.63, 3.8) is 0 Å². The summed E-state index contributed by atoms with van der Waals surface area (Å²) in [4.78, 5) is 4.25. The molecule has 0 saturated heterocycles. The van der Waals surface area contributed by atoms with Gasteiger partial charge in [-0.05, 0) is 24.8 Å². The van der Waals surface area contributed by atoms with E-state index in [1.807, 2.05) is 0 Å². The van der Waals surface area contributed by atoms with Gasteiger partial charge in [-0.25, -0.2) is 4.98 Å². The van der Waals surface area contributed by atoms with E-state index in [1.165, 1.54) is 0 Å². The van der Waals surface area contributed by atoms with Crippen molar-refractivity contribution in [3.05, 3.63) is 17.3 Å². The zero-order valence-corrected chi connectivity index (χ0v) is 7.46. The van der Waals surface area contributed by atoms with Crippen LogP contribution < -0.4 is 17.2 Å². The van der Waals surface area contributed by atoms with Crippen LogP contribution in [0.1, 0.15) is 17.7 Å². The molecule has 4 heteroatoms. The average molecular weight is 178 g/mol. The molecule has 0 bridgehead atoms. The molecule has 1 aromatic heterocycles. The average Bonchev–Trinajstić information content (AvgIpc) is 2.06. The molecule has 0 aromatic carbocycles. The lowest BCUT2D eigenvalue weighted by atomic mass is 9.91. The number of aryl methyl sites for hydroxylation is 1. The van der Waals surface area contributed by atoms with E-state index in [1.54, 1.807) is 6.07 Å². The molecule has 1 aliphatic rings. The monoisotopic (exact) mass is 178 g/mol. The number of hydrogen-bond acceptors (Lipinski definition) is 4. The van der Waals surface area contributed by atoms with Gasteiger partial charge in [0.05, 0.1) is 0 Å². The van der Waals surface area contributed by atoms with Crippen molar-refractivity contribution in [3.8, 4) is 0 Å². The quantitative estimate of drug-likeness (QED) is 0.524. The predicted molar refractivity (Wildman–Crippen MR) is 53.1 cm³/mol. The number of anilines is 2. The molecule has 0 aliphatic heterocycles. The number of nitrogens with zero attached hydrogens (tertiary/aromatic N) is 1. The molecule has 1 aliphatic carbocycles. The summed E-state index contributed by atoms with van der Waals surface area (Å²) < 4.78 is 0. The first-order valence-corrected chi connectivity index (χ1v) is 4.46. The second-order valence-electron chi connectivity index (χ2n) is 3.56. The Kier molecular flexibility index (Phi) is 1.84. The van der Waals surface area contributed by atoms with Crippen LogP contribution in [0.4, 0.5) is 11.5 Å². The first kappa shape index (κ1) is 8.31. The van der Waals surface area contributed by atoms with Crippen LogP contribution in [-0.2, 0) is 12.8 Å². The number of rotatable bonds is 0. The van der Waals surface area contributed by atoms with Gasteiger partial charge >= 0.3 is 0 Å². The normalized spacial score (nSPS) is 21.2. The number of fused-ring (bicyclic) bond motifs is 1. The van der Waals surface area contributed by atoms with E-state index in [0.717, 1.165) is 36.2 Å². The van der Waals surface area contributed by atoms with Gasteiger partial charge in [-0.2, -0.15) is 0 Å². The molecule has 70 valence electrons. The summed E-state index contributed by atoms with van der Waals surface area (Å²) in [6.07, 6.45) is 2.70. The zero-order valence-electron chi connectivity index (χ0n) is 7.46. The number of nitrogen functional groups attached to an aromatic ring is 2. The largest absolute Gasteiger partial charge is 0.398 e. The van der Waals surface area contributed by atoms with Gasteiger partial charge in [0.15, 0.2) is 0 Å². The molecule has 6 N–H and O–H groups in total. The summed E-state index contributed by atoms with van der Waals surface area (Å²) in [5.41, 5.74) is 20.1. The van der Waals surface area contributed by atoms with Crippen LogP contribution >= 0.6 is 0 Å². The molecule has 1 unspecified atom stereocenters. The first-order chi connectivity index (χ1) is 6.16. The number of aromatic nitrogens is 1. The van der Waals surface area contributed by atoms with Crippen molar-refractivity contribution in [2.75, 3.05) is 11.5 Å². The van der Waals surface area contributed by atoms with Gasteiger partial charge in [0.25, 0.3) is 0 Å². The molecule has 13 heavy (non-hydrogen) atoms. The van der Waals surface area contributed by atoms with E-state index >= 15 is 0 Å². The van der Waals surface area contributed by atoms with Crippen LogP contribution in [0.2, 0.25) is 0 Å². The molecule has 0 radical (unpaired) electrons. The maximum absolute atomic E-state index is 5.84. The summed E-state index contributed by atoms with van der Waals surface area (Å²) in [7, 11) is 0. The van der Waals surface area contributed by atoms with Gasteiger partial charge in [-0.1, -0.05) is 0 Å². The van der Waals surface area contributed by atoms with Crippen LogP contribution in [0, 0.1) is 0 Å². The summed E-state index contributed by atoms with van der Waals surface area (Å²) in [6.45, 7) is 0. The van der Waals surface area contributed by atoms with Crippen LogP contribution in [-0.4, -0.2) is 11.0 Å². The molecule has 1 heterocycles. The molecule has 1 atom stereocenters. The van der Waals surface area contributed by atoms with E-state index in [9.17, 15) is 0 Å². The fraction of sp³-hybridized carbons (Fsp3) is 0.444. The fourth-order valence-electron chi connectivity index (χ4n) is 1.80. The van der Waals surface area contributed by atoms with E-state index in [-0.39, 0.29) is 6.04 Å². The van der Waals surface area contributed by atoms with Crippen LogP contribution in [0.3, 0.4) is 0 Å². The number of nitrogens with two attached hydrogens (primary N) is 3. The molecule has 0 saturated carbocycles. The topological polar surface area (TPSA) is 91.0 Å². The smallest absolute Gasteiger partial charge is 0.125 e. The maximum Gasteiger partial charge on any atom is 0.125 e. The Hall–Kier alpha value is -1.29. The lowest BCUT2D eigenvalue weighted by Crippen LogP contribution is -2.29. The van der Waals surface area contributed by atoms with E-state index < -0.39 is 0 Å². The molecule has 4 nitrogen and oxygen atoms in total. The van der Waals surface area contributed by atoms with Crippen molar-refractivity contribution in [2.45, 2.75) is 25.3 Å². The SMILES string of the molecule is Nc1cc(N)c2c(n1)CCC(N)C2. The van der Waals surface area contributed by atoms with Gasteiger partial charge in [0.1, 0.15) is 5.82 Å². The Labute approximate surface area is 77.1 Å². The highest BCUT2D eigenvalue weighted by atomic mass is 14.9. The third-order valence-electron chi connectivity index (χ3n) is 2.48. The zero-order chi connectivity index (χ0) is 9.42. The van der Waals surface area contributed by atoms with E-state index in [2.05, 4.69) is 4.98 Å². The molecule has 2 rings (SSSR count). The minimum absolute atomic E-state index is 0.222. The van der Waals surface area contributed by atoms with Crippen molar-refractivity contribution < 1.29 is 0 Å². The summed E-state index contributed by atoms with van der Waals surface area (Å²) in [5.74, 6) is 0.506. The minimum Gasteiger partial charge on any atom is -0.398 e. The van der Waals surface area contributed by atoms with Crippen molar-refractivity contribution >= 4 is 11.5 Å². The van der Waals surface area contributed by atoms with Crippen LogP contribution in [0.25, 0.3) is 0 Å². The fourth-order valence-corrected chi connectivity index (χ4v) is 1.80. The second-order valence-corrected chi connectivity index (χ2v) is 3.56. The predicted octanol–water partition coefficient (Wildman–Crippen LogP) is 0.0620. The highest BCUT2D eigenvalue weighted by Crippen LogP contribution is 2.25. The van der Waals surface area contributed by atoms with Gasteiger partial charge in [0, 0.05) is 23.5 Å². The third-order valence-corrected chi connectivity index (χ3v) is 2.48. The standard InChI is InChI=1S/C9H14N4/c10-5-1-2-8-6(3-5)7(11)4-9(12)13-8/h4-5H,1-3,10H2,(H4,11,12,13). The summed E-state index contributed by atoms with van der Waals surface area (Å²) in [5, 5.41) is 0. The Morgan fingerprint density at radius 3 is 2.92 bits per heavy atom. The van der Waals surface area contributed by atoms with Gasteiger partial charge < -0.3 is 17.2 Å². The van der Waals surface area contributed by atoms with Crippen molar-refractivity contribution in [1.82, 2.24) is 4.98 Å². The summed E-state index contributed by atoms with van der Waals surface area (Å²) in [6, 6.07) is 1.93. The Bertz CT molecular complexity index is 335. The van der Waals surface area contributed by atoms with E-state index in [0.29, 0.717) is 5.82 Å². The van der Waals surface area contributed by atoms with E-state index in [4.69, 9.17) is 17.2 Å². The van der Waals surface area contributed by atoms with Crippen LogP contribution in [0.15, 0.2) is 6.07 Å². The highest BCUT2D eigenvalue weighted by molar-refractivity contribution is 5.56. The highest BCUT2D eigenvalue weighted by Gasteiger charge is 2.18. The van der Waals surface area contributed by atoms with Gasteiger partial charge in [0.2, 0.25) is 0 Å². The second kappa shape index (κ2) is 2.88. The molecular formula is C9H14N4. The van der Waals surface area contributed by atoms with Gasteiger partial charge in [-0.15, -0.1) is 0 Å². The third kappa shape index (κ3) is 1.45. The maximum atomic E-state index is 5.84. The summed E-state index contributed by atoms with van der Waals surface area (Å²) >= 11 is 0. The molecule has 0 spiro atoms. The lowest BCUT2D eigenvalue weighted by Gasteiger charge is -2.22. The van der Waals surface area contributed by atoms with Crippen LogP contribution in [0.5, 0.6) is 0 Å².